The summed E-state index contributed by atoms with van der Waals surface area (Å²) in [6.07, 6.45) is 2.22. The lowest BCUT2D eigenvalue weighted by molar-refractivity contribution is -0.125. The van der Waals surface area contributed by atoms with E-state index in [1.807, 2.05) is 0 Å². The van der Waals surface area contributed by atoms with Gasteiger partial charge in [-0.3, -0.25) is 14.6 Å². The van der Waals surface area contributed by atoms with Gasteiger partial charge >= 0.3 is 0 Å². The maximum absolute atomic E-state index is 11.2. The first kappa shape index (κ1) is 12.1. The summed E-state index contributed by atoms with van der Waals surface area (Å²) in [4.78, 5) is 16.3. The van der Waals surface area contributed by atoms with Crippen LogP contribution in [0.2, 0.25) is 0 Å². The molecular weight excluding hydrogens is 200 g/mol. The Morgan fingerprint density at radius 3 is 2.12 bits per heavy atom. The fraction of sp³-hybridized carbons (Fsp3) is 0.923. The predicted octanol–water partition coefficient (Wildman–Crippen LogP) is 1.38. The monoisotopic (exact) mass is 224 g/mol. The number of nitrogens with zero attached hydrogens (tertiary/aromatic N) is 2. The van der Waals surface area contributed by atoms with Crippen molar-refractivity contribution in [3.63, 3.8) is 0 Å². The van der Waals surface area contributed by atoms with Gasteiger partial charge in [-0.2, -0.15) is 0 Å². The average Bonchev–Trinajstić information content (AvgIpc) is 2.15. The fourth-order valence-corrected chi connectivity index (χ4v) is 2.84. The minimum absolute atomic E-state index is 0.369. The molecule has 1 saturated carbocycles. The normalized spacial score (nSPS) is 32.8. The number of piperazine rings is 1. The van der Waals surface area contributed by atoms with Gasteiger partial charge in [-0.15, -0.1) is 0 Å². The van der Waals surface area contributed by atoms with Gasteiger partial charge in [-0.25, -0.2) is 0 Å². The SMILES string of the molecule is CC(=O)C1CC(N2CCN(C(C)C)CC2)C1. The minimum atomic E-state index is 0.369. The van der Waals surface area contributed by atoms with Crippen LogP contribution in [-0.2, 0) is 4.79 Å². The van der Waals surface area contributed by atoms with Gasteiger partial charge < -0.3 is 0 Å². The van der Waals surface area contributed by atoms with Gasteiger partial charge in [0.25, 0.3) is 0 Å². The zero-order chi connectivity index (χ0) is 11.7. The van der Waals surface area contributed by atoms with Gasteiger partial charge in [-0.1, -0.05) is 0 Å². The highest BCUT2D eigenvalue weighted by molar-refractivity contribution is 5.79. The molecule has 0 amide bonds. The second-order valence-corrected chi connectivity index (χ2v) is 5.60. The molecular formula is C13H24N2O. The Morgan fingerprint density at radius 2 is 1.69 bits per heavy atom. The molecule has 1 saturated heterocycles. The Hall–Kier alpha value is -0.410. The topological polar surface area (TPSA) is 23.6 Å². The Labute approximate surface area is 98.8 Å². The van der Waals surface area contributed by atoms with E-state index in [9.17, 15) is 4.79 Å². The molecule has 16 heavy (non-hydrogen) atoms. The van der Waals surface area contributed by atoms with Gasteiger partial charge in [0.05, 0.1) is 0 Å². The van der Waals surface area contributed by atoms with E-state index in [4.69, 9.17) is 0 Å². The first-order valence-electron chi connectivity index (χ1n) is 6.56. The summed E-state index contributed by atoms with van der Waals surface area (Å²) in [7, 11) is 0. The summed E-state index contributed by atoms with van der Waals surface area (Å²) in [5.74, 6) is 0.755. The third-order valence-electron chi connectivity index (χ3n) is 4.28. The maximum Gasteiger partial charge on any atom is 0.133 e. The molecule has 92 valence electrons. The van der Waals surface area contributed by atoms with Crippen molar-refractivity contribution in [3.05, 3.63) is 0 Å². The number of hydrogen-bond donors (Lipinski definition) is 0. The zero-order valence-corrected chi connectivity index (χ0v) is 10.8. The number of rotatable bonds is 3. The van der Waals surface area contributed by atoms with Crippen molar-refractivity contribution >= 4 is 5.78 Å². The van der Waals surface area contributed by atoms with Crippen molar-refractivity contribution in [2.75, 3.05) is 26.2 Å². The van der Waals surface area contributed by atoms with Gasteiger partial charge in [0.2, 0.25) is 0 Å². The smallest absolute Gasteiger partial charge is 0.133 e. The molecule has 2 rings (SSSR count). The van der Waals surface area contributed by atoms with Crippen LogP contribution in [0.3, 0.4) is 0 Å². The molecule has 0 radical (unpaired) electrons. The number of hydrogen-bond acceptors (Lipinski definition) is 3. The van der Waals surface area contributed by atoms with Crippen LogP contribution in [0.25, 0.3) is 0 Å². The summed E-state index contributed by atoms with van der Waals surface area (Å²) in [5.41, 5.74) is 0. The minimum Gasteiger partial charge on any atom is -0.300 e. The van der Waals surface area contributed by atoms with Crippen LogP contribution in [0.15, 0.2) is 0 Å². The van der Waals surface area contributed by atoms with Crippen LogP contribution >= 0.6 is 0 Å². The Balaban J connectivity index is 1.73. The molecule has 0 aromatic heterocycles. The molecule has 1 heterocycles. The quantitative estimate of drug-likeness (QED) is 0.723. The van der Waals surface area contributed by atoms with Crippen molar-refractivity contribution < 1.29 is 4.79 Å². The second kappa shape index (κ2) is 4.84. The van der Waals surface area contributed by atoms with Gasteiger partial charge in [0.15, 0.2) is 0 Å². The number of carbonyl (C=O) groups is 1. The molecule has 3 heteroatoms. The zero-order valence-electron chi connectivity index (χ0n) is 10.8. The summed E-state index contributed by atoms with van der Waals surface area (Å²) in [6, 6.07) is 1.37. The molecule has 2 fully saturated rings. The van der Waals surface area contributed by atoms with Crippen molar-refractivity contribution in [1.29, 1.82) is 0 Å². The van der Waals surface area contributed by atoms with E-state index in [2.05, 4.69) is 23.6 Å². The van der Waals surface area contributed by atoms with Gasteiger partial charge in [0.1, 0.15) is 5.78 Å². The summed E-state index contributed by atoms with van der Waals surface area (Å²) >= 11 is 0. The van der Waals surface area contributed by atoms with Crippen LogP contribution in [0.4, 0.5) is 0 Å². The lowest BCUT2D eigenvalue weighted by Crippen LogP contribution is -2.55. The second-order valence-electron chi connectivity index (χ2n) is 5.60. The summed E-state index contributed by atoms with van der Waals surface area (Å²) in [6.45, 7) is 11.0. The maximum atomic E-state index is 11.2. The third kappa shape index (κ3) is 2.46. The highest BCUT2D eigenvalue weighted by atomic mass is 16.1. The predicted molar refractivity (Wildman–Crippen MR) is 65.5 cm³/mol. The molecule has 0 aromatic carbocycles. The molecule has 2 aliphatic rings. The number of ketones is 1. The van der Waals surface area contributed by atoms with Crippen LogP contribution in [0.5, 0.6) is 0 Å². The molecule has 0 N–H and O–H groups in total. The number of Topliss-reactive ketones (excluding diaryl/α,β-unsaturated/α-hetero) is 1. The van der Waals surface area contributed by atoms with Crippen molar-refractivity contribution in [3.8, 4) is 0 Å². The molecule has 0 spiro atoms. The molecule has 1 aliphatic carbocycles. The fourth-order valence-electron chi connectivity index (χ4n) is 2.84. The molecule has 3 nitrogen and oxygen atoms in total. The largest absolute Gasteiger partial charge is 0.300 e. The first-order chi connectivity index (χ1) is 7.58. The lowest BCUT2D eigenvalue weighted by Gasteiger charge is -2.46. The van der Waals surface area contributed by atoms with E-state index < -0.39 is 0 Å². The standard InChI is InChI=1S/C13H24N2O/c1-10(2)14-4-6-15(7-5-14)13-8-12(9-13)11(3)16/h10,12-13H,4-9H2,1-3H3. The summed E-state index contributed by atoms with van der Waals surface area (Å²) < 4.78 is 0. The average molecular weight is 224 g/mol. The number of carbonyl (C=O) groups excluding carboxylic acids is 1. The molecule has 0 atom stereocenters. The van der Waals surface area contributed by atoms with Crippen LogP contribution in [0, 0.1) is 5.92 Å². The van der Waals surface area contributed by atoms with Gasteiger partial charge in [-0.05, 0) is 33.6 Å². The van der Waals surface area contributed by atoms with E-state index in [0.29, 0.717) is 23.8 Å². The van der Waals surface area contributed by atoms with Crippen molar-refractivity contribution in [1.82, 2.24) is 9.80 Å². The van der Waals surface area contributed by atoms with Crippen molar-refractivity contribution in [2.24, 2.45) is 5.92 Å². The van der Waals surface area contributed by atoms with E-state index in [1.54, 1.807) is 6.92 Å². The highest BCUT2D eigenvalue weighted by Crippen LogP contribution is 2.32. The molecule has 0 unspecified atom stereocenters. The molecule has 1 aliphatic heterocycles. The van der Waals surface area contributed by atoms with Crippen LogP contribution < -0.4 is 0 Å². The molecule has 0 bridgehead atoms. The van der Waals surface area contributed by atoms with E-state index in [1.165, 1.54) is 26.2 Å². The van der Waals surface area contributed by atoms with Crippen molar-refractivity contribution in [2.45, 2.75) is 45.7 Å². The Morgan fingerprint density at radius 1 is 1.12 bits per heavy atom. The van der Waals surface area contributed by atoms with Crippen LogP contribution in [0.1, 0.15) is 33.6 Å². The third-order valence-corrected chi connectivity index (χ3v) is 4.28. The van der Waals surface area contributed by atoms with E-state index >= 15 is 0 Å². The van der Waals surface area contributed by atoms with Gasteiger partial charge in [0, 0.05) is 44.2 Å². The summed E-state index contributed by atoms with van der Waals surface area (Å²) in [5, 5.41) is 0. The Kier molecular flexibility index (Phi) is 3.65. The highest BCUT2D eigenvalue weighted by Gasteiger charge is 2.37. The van der Waals surface area contributed by atoms with E-state index in [0.717, 1.165) is 12.8 Å². The molecule has 0 aromatic rings. The van der Waals surface area contributed by atoms with E-state index in [-0.39, 0.29) is 0 Å². The van der Waals surface area contributed by atoms with Crippen LogP contribution in [-0.4, -0.2) is 53.8 Å². The first-order valence-corrected chi connectivity index (χ1v) is 6.56. The lowest BCUT2D eigenvalue weighted by atomic mass is 9.77. The Bertz CT molecular complexity index is 251.